The number of Topliss-reactive ketones (excluding diaryl/α,β-unsaturated/α-hetero) is 1. The lowest BCUT2D eigenvalue weighted by molar-refractivity contribution is -0.384. The fourth-order valence-corrected chi connectivity index (χ4v) is 3.66. The van der Waals surface area contributed by atoms with Crippen LogP contribution in [0.4, 0.5) is 5.69 Å². The predicted molar refractivity (Wildman–Crippen MR) is 116 cm³/mol. The molecule has 1 saturated heterocycles. The number of rotatable bonds is 7. The topological polar surface area (TPSA) is 104 Å². The molecule has 2 aromatic rings. The van der Waals surface area contributed by atoms with E-state index in [1.54, 1.807) is 12.1 Å². The molecule has 0 aliphatic carbocycles. The summed E-state index contributed by atoms with van der Waals surface area (Å²) in [6, 6.07) is 11.9. The van der Waals surface area contributed by atoms with Gasteiger partial charge in [-0.05, 0) is 51.7 Å². The summed E-state index contributed by atoms with van der Waals surface area (Å²) in [6.07, 6.45) is 0.633. The Hall–Kier alpha value is -3.52. The first-order valence-corrected chi connectivity index (χ1v) is 9.95. The van der Waals surface area contributed by atoms with Gasteiger partial charge < -0.3 is 14.9 Å². The Bertz CT molecular complexity index is 1030. The number of hydrogen-bond acceptors (Lipinski definition) is 6. The van der Waals surface area contributed by atoms with Gasteiger partial charge in [-0.15, -0.1) is 0 Å². The van der Waals surface area contributed by atoms with E-state index in [9.17, 15) is 24.8 Å². The lowest BCUT2D eigenvalue weighted by Gasteiger charge is -2.26. The molecule has 1 atom stereocenters. The second kappa shape index (κ2) is 9.09. The molecule has 1 fully saturated rings. The van der Waals surface area contributed by atoms with Crippen LogP contribution in [0.1, 0.15) is 29.2 Å². The monoisotopic (exact) mass is 423 g/mol. The van der Waals surface area contributed by atoms with Gasteiger partial charge in [0, 0.05) is 24.2 Å². The lowest BCUT2D eigenvalue weighted by atomic mass is 9.95. The molecule has 2 aromatic carbocycles. The minimum absolute atomic E-state index is 0.00689. The van der Waals surface area contributed by atoms with Crippen LogP contribution in [-0.4, -0.2) is 58.7 Å². The van der Waals surface area contributed by atoms with Crippen LogP contribution in [0.25, 0.3) is 5.76 Å². The second-order valence-corrected chi connectivity index (χ2v) is 7.86. The first kappa shape index (κ1) is 22.2. The number of nitro groups is 1. The molecule has 0 bridgehead atoms. The summed E-state index contributed by atoms with van der Waals surface area (Å²) in [6.45, 7) is 2.94. The van der Waals surface area contributed by atoms with E-state index in [-0.39, 0.29) is 17.0 Å². The molecule has 8 nitrogen and oxygen atoms in total. The van der Waals surface area contributed by atoms with Gasteiger partial charge in [0.1, 0.15) is 5.76 Å². The van der Waals surface area contributed by atoms with Crippen LogP contribution in [0.5, 0.6) is 0 Å². The molecule has 1 N–H and O–H groups in total. The summed E-state index contributed by atoms with van der Waals surface area (Å²) >= 11 is 0. The second-order valence-electron chi connectivity index (χ2n) is 7.86. The quantitative estimate of drug-likeness (QED) is 0.241. The molecular weight excluding hydrogens is 398 g/mol. The van der Waals surface area contributed by atoms with Crippen LogP contribution in [0.3, 0.4) is 0 Å². The maximum atomic E-state index is 12.9. The third-order valence-electron chi connectivity index (χ3n) is 5.29. The number of carbonyl (C=O) groups is 2. The number of non-ortho nitro benzene ring substituents is 1. The number of amides is 1. The Balaban J connectivity index is 2.09. The SMILES string of the molecule is Cc1ccc(C(O)=C2C(=O)C(=O)N(CCCN(C)C)[C@H]2c2ccc([N+](=O)[O-])cc2)cc1. The summed E-state index contributed by atoms with van der Waals surface area (Å²) < 4.78 is 0. The van der Waals surface area contributed by atoms with E-state index < -0.39 is 22.7 Å². The summed E-state index contributed by atoms with van der Waals surface area (Å²) in [7, 11) is 3.83. The average molecular weight is 423 g/mol. The number of hydrogen-bond donors (Lipinski definition) is 1. The smallest absolute Gasteiger partial charge is 0.295 e. The molecule has 1 aliphatic heterocycles. The van der Waals surface area contributed by atoms with Gasteiger partial charge in [0.2, 0.25) is 0 Å². The Morgan fingerprint density at radius 3 is 2.26 bits per heavy atom. The number of ketones is 1. The molecule has 8 heteroatoms. The standard InChI is InChI=1S/C23H25N3O5/c1-15-5-7-17(8-6-15)21(27)19-20(16-9-11-18(12-10-16)26(30)31)25(23(29)22(19)28)14-4-13-24(2)3/h5-12,20,27H,4,13-14H2,1-3H3/t20-/m0/s1. The van der Waals surface area contributed by atoms with E-state index in [1.165, 1.54) is 29.2 Å². The van der Waals surface area contributed by atoms with Crippen molar-refractivity contribution in [2.24, 2.45) is 0 Å². The Labute approximate surface area is 180 Å². The zero-order valence-corrected chi connectivity index (χ0v) is 17.7. The van der Waals surface area contributed by atoms with Crippen molar-refractivity contribution in [1.82, 2.24) is 9.80 Å². The van der Waals surface area contributed by atoms with Gasteiger partial charge >= 0.3 is 0 Å². The van der Waals surface area contributed by atoms with Crippen LogP contribution < -0.4 is 0 Å². The van der Waals surface area contributed by atoms with Gasteiger partial charge in [-0.25, -0.2) is 0 Å². The third kappa shape index (κ3) is 4.64. The largest absolute Gasteiger partial charge is 0.507 e. The fraction of sp³-hybridized carbons (Fsp3) is 0.304. The normalized spacial score (nSPS) is 18.1. The fourth-order valence-electron chi connectivity index (χ4n) is 3.66. The molecule has 3 rings (SSSR count). The van der Waals surface area contributed by atoms with E-state index in [0.29, 0.717) is 30.6 Å². The van der Waals surface area contributed by atoms with Crippen molar-refractivity contribution < 1.29 is 19.6 Å². The molecule has 0 saturated carbocycles. The maximum absolute atomic E-state index is 12.9. The number of aliphatic hydroxyl groups is 1. The first-order valence-electron chi connectivity index (χ1n) is 9.95. The summed E-state index contributed by atoms with van der Waals surface area (Å²) in [5, 5.41) is 22.0. The number of aliphatic hydroxyl groups excluding tert-OH is 1. The number of benzene rings is 2. The highest BCUT2D eigenvalue weighted by atomic mass is 16.6. The van der Waals surface area contributed by atoms with Gasteiger partial charge in [-0.1, -0.05) is 29.8 Å². The first-order chi connectivity index (χ1) is 14.7. The van der Waals surface area contributed by atoms with E-state index in [4.69, 9.17) is 0 Å². The van der Waals surface area contributed by atoms with Crippen molar-refractivity contribution in [3.63, 3.8) is 0 Å². The summed E-state index contributed by atoms with van der Waals surface area (Å²) in [4.78, 5) is 39.7. The van der Waals surface area contributed by atoms with Crippen LogP contribution in [0.2, 0.25) is 0 Å². The van der Waals surface area contributed by atoms with Crippen molar-refractivity contribution in [3.8, 4) is 0 Å². The lowest BCUT2D eigenvalue weighted by Crippen LogP contribution is -2.32. The minimum Gasteiger partial charge on any atom is -0.507 e. The zero-order valence-electron chi connectivity index (χ0n) is 17.7. The highest BCUT2D eigenvalue weighted by Crippen LogP contribution is 2.39. The molecule has 0 unspecified atom stereocenters. The Kier molecular flexibility index (Phi) is 6.50. The molecule has 1 heterocycles. The van der Waals surface area contributed by atoms with Gasteiger partial charge in [-0.2, -0.15) is 0 Å². The van der Waals surface area contributed by atoms with Crippen LogP contribution in [-0.2, 0) is 9.59 Å². The van der Waals surface area contributed by atoms with Crippen molar-refractivity contribution in [2.45, 2.75) is 19.4 Å². The van der Waals surface area contributed by atoms with Gasteiger partial charge in [0.15, 0.2) is 0 Å². The van der Waals surface area contributed by atoms with Crippen LogP contribution in [0.15, 0.2) is 54.1 Å². The van der Waals surface area contributed by atoms with Crippen LogP contribution >= 0.6 is 0 Å². The van der Waals surface area contributed by atoms with Gasteiger partial charge in [0.05, 0.1) is 16.5 Å². The highest BCUT2D eigenvalue weighted by Gasteiger charge is 2.45. The summed E-state index contributed by atoms with van der Waals surface area (Å²) in [5.74, 6) is -1.70. The van der Waals surface area contributed by atoms with Crippen molar-refractivity contribution >= 4 is 23.1 Å². The molecule has 0 aromatic heterocycles. The van der Waals surface area contributed by atoms with E-state index in [0.717, 1.165) is 5.56 Å². The average Bonchev–Trinajstić information content (AvgIpc) is 2.98. The highest BCUT2D eigenvalue weighted by molar-refractivity contribution is 6.46. The van der Waals surface area contributed by atoms with Crippen molar-refractivity contribution in [1.29, 1.82) is 0 Å². The molecule has 31 heavy (non-hydrogen) atoms. The maximum Gasteiger partial charge on any atom is 0.295 e. The molecule has 1 amide bonds. The van der Waals surface area contributed by atoms with Gasteiger partial charge in [-0.3, -0.25) is 19.7 Å². The van der Waals surface area contributed by atoms with E-state index >= 15 is 0 Å². The number of nitro benzene ring substituents is 1. The minimum atomic E-state index is -0.815. The van der Waals surface area contributed by atoms with E-state index in [2.05, 4.69) is 0 Å². The number of nitrogens with zero attached hydrogens (tertiary/aromatic N) is 3. The van der Waals surface area contributed by atoms with Gasteiger partial charge in [0.25, 0.3) is 17.4 Å². The Morgan fingerprint density at radius 2 is 1.71 bits per heavy atom. The van der Waals surface area contributed by atoms with E-state index in [1.807, 2.05) is 38.1 Å². The summed E-state index contributed by atoms with van der Waals surface area (Å²) in [5.41, 5.74) is 1.86. The molecule has 0 spiro atoms. The Morgan fingerprint density at radius 1 is 1.10 bits per heavy atom. The zero-order chi connectivity index (χ0) is 22.7. The molecular formula is C23H25N3O5. The number of likely N-dealkylation sites (tertiary alicyclic amines) is 1. The third-order valence-corrected chi connectivity index (χ3v) is 5.29. The molecule has 162 valence electrons. The molecule has 1 aliphatic rings. The molecule has 0 radical (unpaired) electrons. The number of carbonyl (C=O) groups excluding carboxylic acids is 2. The van der Waals surface area contributed by atoms with Crippen molar-refractivity contribution in [3.05, 3.63) is 80.9 Å². The predicted octanol–water partition coefficient (Wildman–Crippen LogP) is 3.28. The van der Waals surface area contributed by atoms with Crippen molar-refractivity contribution in [2.75, 3.05) is 27.2 Å². The number of aryl methyl sites for hydroxylation is 1. The van der Waals surface area contributed by atoms with Crippen LogP contribution in [0, 0.1) is 17.0 Å².